The van der Waals surface area contributed by atoms with E-state index in [1.165, 1.54) is 12.8 Å². The van der Waals surface area contributed by atoms with E-state index in [1.54, 1.807) is 0 Å². The van der Waals surface area contributed by atoms with Gasteiger partial charge in [0.1, 0.15) is 0 Å². The zero-order valence-electron chi connectivity index (χ0n) is 12.7. The lowest BCUT2D eigenvalue weighted by atomic mass is 10.1. The van der Waals surface area contributed by atoms with Crippen molar-refractivity contribution in [1.29, 1.82) is 0 Å². The summed E-state index contributed by atoms with van der Waals surface area (Å²) < 4.78 is 0. The molecule has 0 unspecified atom stereocenters. The Morgan fingerprint density at radius 2 is 2.00 bits per heavy atom. The van der Waals surface area contributed by atoms with Gasteiger partial charge in [0.25, 0.3) is 0 Å². The first-order chi connectivity index (χ1) is 10.8. The van der Waals surface area contributed by atoms with Crippen molar-refractivity contribution in [2.45, 2.75) is 26.2 Å². The Bertz CT molecular complexity index is 648. The van der Waals surface area contributed by atoms with E-state index in [4.69, 9.17) is 0 Å². The fourth-order valence-electron chi connectivity index (χ4n) is 2.60. The molecule has 1 N–H and O–H groups in total. The average Bonchev–Trinajstić information content (AvgIpc) is 3.09. The third-order valence-corrected chi connectivity index (χ3v) is 3.84. The first-order valence-corrected chi connectivity index (χ1v) is 7.75. The molecule has 0 aliphatic carbocycles. The molecule has 1 aromatic heterocycles. The number of rotatable bonds is 4. The smallest absolute Gasteiger partial charge is 0.224 e. The number of aromatic nitrogens is 2. The minimum absolute atomic E-state index is 0.00705. The van der Waals surface area contributed by atoms with Crippen molar-refractivity contribution in [1.82, 2.24) is 10.2 Å². The van der Waals surface area contributed by atoms with E-state index in [9.17, 15) is 4.79 Å². The molecule has 0 spiro atoms. The standard InChI is InChI=1S/C17H20N4O/c1-2-17(22)18-14-7-5-6-13(12-14)15-8-9-16(20-19-15)21-10-3-4-11-21/h5-9,12H,2-4,10-11H2,1H3,(H,18,22). The summed E-state index contributed by atoms with van der Waals surface area (Å²) >= 11 is 0. The summed E-state index contributed by atoms with van der Waals surface area (Å²) in [5, 5.41) is 11.5. The Morgan fingerprint density at radius 3 is 2.68 bits per heavy atom. The van der Waals surface area contributed by atoms with E-state index in [0.29, 0.717) is 6.42 Å². The molecular formula is C17H20N4O. The predicted molar refractivity (Wildman–Crippen MR) is 87.8 cm³/mol. The second kappa shape index (κ2) is 6.56. The number of carbonyl (C=O) groups excluding carboxylic acids is 1. The quantitative estimate of drug-likeness (QED) is 0.942. The Morgan fingerprint density at radius 1 is 1.18 bits per heavy atom. The first kappa shape index (κ1) is 14.5. The zero-order valence-corrected chi connectivity index (χ0v) is 12.7. The van der Waals surface area contributed by atoms with Crippen molar-refractivity contribution in [3.05, 3.63) is 36.4 Å². The number of hydrogen-bond donors (Lipinski definition) is 1. The highest BCUT2D eigenvalue weighted by Gasteiger charge is 2.14. The van der Waals surface area contributed by atoms with Crippen LogP contribution in [0, 0.1) is 0 Å². The van der Waals surface area contributed by atoms with Crippen LogP contribution in [0.1, 0.15) is 26.2 Å². The molecule has 2 aromatic rings. The van der Waals surface area contributed by atoms with Crippen LogP contribution in [-0.4, -0.2) is 29.2 Å². The largest absolute Gasteiger partial charge is 0.355 e. The van der Waals surface area contributed by atoms with Gasteiger partial charge in [0.05, 0.1) is 5.69 Å². The summed E-state index contributed by atoms with van der Waals surface area (Å²) in [5.74, 6) is 0.948. The number of nitrogens with one attached hydrogen (secondary N) is 1. The number of anilines is 2. The molecular weight excluding hydrogens is 276 g/mol. The molecule has 5 nitrogen and oxygen atoms in total. The summed E-state index contributed by atoms with van der Waals surface area (Å²) in [5.41, 5.74) is 2.56. The molecule has 0 atom stereocenters. The van der Waals surface area contributed by atoms with Gasteiger partial charge in [0.2, 0.25) is 5.91 Å². The maximum Gasteiger partial charge on any atom is 0.224 e. The van der Waals surface area contributed by atoms with E-state index >= 15 is 0 Å². The third-order valence-electron chi connectivity index (χ3n) is 3.84. The van der Waals surface area contributed by atoms with Crippen molar-refractivity contribution in [3.8, 4) is 11.3 Å². The summed E-state index contributed by atoms with van der Waals surface area (Å²) in [7, 11) is 0. The minimum Gasteiger partial charge on any atom is -0.355 e. The van der Waals surface area contributed by atoms with Gasteiger partial charge in [-0.05, 0) is 37.1 Å². The third kappa shape index (κ3) is 3.24. The first-order valence-electron chi connectivity index (χ1n) is 7.75. The normalized spacial score (nSPS) is 14.1. The zero-order chi connectivity index (χ0) is 15.4. The van der Waals surface area contributed by atoms with Crippen LogP contribution in [0.2, 0.25) is 0 Å². The number of hydrogen-bond acceptors (Lipinski definition) is 4. The van der Waals surface area contributed by atoms with Gasteiger partial charge in [-0.2, -0.15) is 0 Å². The molecule has 2 heterocycles. The second-order valence-electron chi connectivity index (χ2n) is 5.45. The minimum atomic E-state index is 0.00705. The van der Waals surface area contributed by atoms with Gasteiger partial charge in [-0.3, -0.25) is 4.79 Å². The van der Waals surface area contributed by atoms with Crippen molar-refractivity contribution in [2.75, 3.05) is 23.3 Å². The van der Waals surface area contributed by atoms with Crippen LogP contribution >= 0.6 is 0 Å². The predicted octanol–water partition coefficient (Wildman–Crippen LogP) is 3.09. The van der Waals surface area contributed by atoms with Crippen LogP contribution in [0.3, 0.4) is 0 Å². The topological polar surface area (TPSA) is 58.1 Å². The molecule has 0 radical (unpaired) electrons. The SMILES string of the molecule is CCC(=O)Nc1cccc(-c2ccc(N3CCCC3)nn2)c1. The van der Waals surface area contributed by atoms with Gasteiger partial charge in [-0.25, -0.2) is 0 Å². The molecule has 0 saturated carbocycles. The van der Waals surface area contributed by atoms with Crippen molar-refractivity contribution in [2.24, 2.45) is 0 Å². The molecule has 5 heteroatoms. The highest BCUT2D eigenvalue weighted by Crippen LogP contribution is 2.23. The molecule has 1 amide bonds. The van der Waals surface area contributed by atoms with Gasteiger partial charge < -0.3 is 10.2 Å². The Kier molecular flexibility index (Phi) is 4.32. The summed E-state index contributed by atoms with van der Waals surface area (Å²) in [6.07, 6.45) is 2.92. The summed E-state index contributed by atoms with van der Waals surface area (Å²) in [6.45, 7) is 3.96. The van der Waals surface area contributed by atoms with Crippen LogP contribution < -0.4 is 10.2 Å². The van der Waals surface area contributed by atoms with E-state index in [-0.39, 0.29) is 5.91 Å². The van der Waals surface area contributed by atoms with Crippen LogP contribution in [0.15, 0.2) is 36.4 Å². The molecule has 22 heavy (non-hydrogen) atoms. The van der Waals surface area contributed by atoms with Gasteiger partial charge in [0.15, 0.2) is 5.82 Å². The van der Waals surface area contributed by atoms with E-state index in [1.807, 2.05) is 43.3 Å². The van der Waals surface area contributed by atoms with Gasteiger partial charge in [0, 0.05) is 30.8 Å². The van der Waals surface area contributed by atoms with Crippen LogP contribution in [0.5, 0.6) is 0 Å². The van der Waals surface area contributed by atoms with Crippen LogP contribution in [-0.2, 0) is 4.79 Å². The van der Waals surface area contributed by atoms with Crippen LogP contribution in [0.25, 0.3) is 11.3 Å². The van der Waals surface area contributed by atoms with Crippen molar-refractivity contribution >= 4 is 17.4 Å². The molecule has 1 saturated heterocycles. The fraction of sp³-hybridized carbons (Fsp3) is 0.353. The van der Waals surface area contributed by atoms with E-state index < -0.39 is 0 Å². The average molecular weight is 296 g/mol. The monoisotopic (exact) mass is 296 g/mol. The number of benzene rings is 1. The lowest BCUT2D eigenvalue weighted by Crippen LogP contribution is -2.19. The fourth-order valence-corrected chi connectivity index (χ4v) is 2.60. The van der Waals surface area contributed by atoms with Crippen LogP contribution in [0.4, 0.5) is 11.5 Å². The highest BCUT2D eigenvalue weighted by molar-refractivity contribution is 5.91. The maximum atomic E-state index is 11.5. The number of amides is 1. The molecule has 114 valence electrons. The Hall–Kier alpha value is -2.43. The molecule has 1 aliphatic heterocycles. The molecule has 0 bridgehead atoms. The van der Waals surface area contributed by atoms with Gasteiger partial charge in [-0.15, -0.1) is 10.2 Å². The Balaban J connectivity index is 1.78. The Labute approximate surface area is 130 Å². The molecule has 1 fully saturated rings. The van der Waals surface area contributed by atoms with Crippen molar-refractivity contribution < 1.29 is 4.79 Å². The number of carbonyl (C=O) groups is 1. The molecule has 1 aromatic carbocycles. The maximum absolute atomic E-state index is 11.5. The lowest BCUT2D eigenvalue weighted by molar-refractivity contribution is -0.115. The lowest BCUT2D eigenvalue weighted by Gasteiger charge is -2.15. The van der Waals surface area contributed by atoms with Crippen molar-refractivity contribution in [3.63, 3.8) is 0 Å². The summed E-state index contributed by atoms with van der Waals surface area (Å²) in [4.78, 5) is 13.7. The molecule has 1 aliphatic rings. The van der Waals surface area contributed by atoms with E-state index in [2.05, 4.69) is 20.4 Å². The van der Waals surface area contributed by atoms with Gasteiger partial charge >= 0.3 is 0 Å². The highest BCUT2D eigenvalue weighted by atomic mass is 16.1. The summed E-state index contributed by atoms with van der Waals surface area (Å²) in [6, 6.07) is 11.7. The van der Waals surface area contributed by atoms with Gasteiger partial charge in [-0.1, -0.05) is 19.1 Å². The second-order valence-corrected chi connectivity index (χ2v) is 5.45. The number of nitrogens with zero attached hydrogens (tertiary/aromatic N) is 3. The molecule has 3 rings (SSSR count). The van der Waals surface area contributed by atoms with E-state index in [0.717, 1.165) is 35.9 Å².